The van der Waals surface area contributed by atoms with Gasteiger partial charge in [0.25, 0.3) is 0 Å². The van der Waals surface area contributed by atoms with Crippen LogP contribution in [0, 0.1) is 6.92 Å². The molecule has 5 N–H and O–H groups in total. The number of carbonyl (C=O) groups is 3. The molecule has 0 atom stereocenters. The summed E-state index contributed by atoms with van der Waals surface area (Å²) >= 11 is 0. The van der Waals surface area contributed by atoms with E-state index in [0.29, 0.717) is 58.0 Å². The van der Waals surface area contributed by atoms with Crippen molar-refractivity contribution >= 4 is 41.0 Å². The number of nitrogens with zero attached hydrogens (tertiary/aromatic N) is 3. The molecule has 0 radical (unpaired) electrons. The monoisotopic (exact) mass is 793 g/mol. The van der Waals surface area contributed by atoms with E-state index in [1.807, 2.05) is 49.5 Å². The second-order valence-corrected chi connectivity index (χ2v) is 13.0. The number of benzene rings is 5. The molecule has 0 bridgehead atoms. The fourth-order valence-corrected chi connectivity index (χ4v) is 6.01. The molecular formula is C43H40KN5O8-2. The van der Waals surface area contributed by atoms with E-state index in [2.05, 4.69) is 17.2 Å². The van der Waals surface area contributed by atoms with Crippen molar-refractivity contribution in [2.24, 2.45) is 16.0 Å². The minimum absolute atomic E-state index is 0. The summed E-state index contributed by atoms with van der Waals surface area (Å²) in [4.78, 5) is 47.0. The number of nitrogens with one attached hydrogen (secondary N) is 1. The number of azo groups is 1. The molecule has 1 spiro atoms. The number of aromatic hydroxyl groups is 2. The molecule has 288 valence electrons. The van der Waals surface area contributed by atoms with Gasteiger partial charge in [0, 0.05) is 60.8 Å². The van der Waals surface area contributed by atoms with Crippen LogP contribution in [-0.4, -0.2) is 54.8 Å². The fraction of sp³-hybridized carbons (Fsp3) is 0.186. The topological polar surface area (TPSA) is 205 Å². The molecule has 2 aliphatic heterocycles. The summed E-state index contributed by atoms with van der Waals surface area (Å²) in [5.74, 6) is -0.649. The second kappa shape index (κ2) is 20.2. The predicted molar refractivity (Wildman–Crippen MR) is 211 cm³/mol. The van der Waals surface area contributed by atoms with Gasteiger partial charge in [-0.25, -0.2) is 4.79 Å². The van der Waals surface area contributed by atoms with E-state index < -0.39 is 17.4 Å². The third kappa shape index (κ3) is 10.7. The first kappa shape index (κ1) is 44.4. The Morgan fingerprint density at radius 1 is 0.807 bits per heavy atom. The first-order chi connectivity index (χ1) is 26.9. The largest absolute Gasteiger partial charge is 1.00 e. The molecule has 57 heavy (non-hydrogen) atoms. The van der Waals surface area contributed by atoms with Crippen molar-refractivity contribution < 1.29 is 90.2 Å². The Kier molecular flexibility index (Phi) is 15.7. The first-order valence-electron chi connectivity index (χ1n) is 17.6. The maximum atomic E-state index is 12.8. The molecule has 1 amide bonds. The van der Waals surface area contributed by atoms with Gasteiger partial charge in [-0.2, -0.15) is 41.4 Å². The number of phenolic OH excluding ortho intramolecular Hbond substituents is 2. The smallest absolute Gasteiger partial charge is 0.677 e. The summed E-state index contributed by atoms with van der Waals surface area (Å²) in [6.45, 7) is 3.85. The third-order valence-corrected chi connectivity index (χ3v) is 8.83. The van der Waals surface area contributed by atoms with Crippen LogP contribution in [-0.2, 0) is 19.9 Å². The van der Waals surface area contributed by atoms with Gasteiger partial charge in [-0.3, -0.25) is 4.79 Å². The second-order valence-electron chi connectivity index (χ2n) is 13.0. The maximum absolute atomic E-state index is 12.8. The Bertz CT molecular complexity index is 2210. The van der Waals surface area contributed by atoms with Crippen molar-refractivity contribution in [3.63, 3.8) is 0 Å². The van der Waals surface area contributed by atoms with Crippen LogP contribution in [0.25, 0.3) is 5.73 Å². The number of amides is 1. The molecule has 14 heteroatoms. The number of fused-ring (bicyclic) bond motifs is 6. The Labute approximate surface area is 373 Å². The van der Waals surface area contributed by atoms with Crippen LogP contribution in [0.3, 0.4) is 0 Å². The quantitative estimate of drug-likeness (QED) is 0.0413. The van der Waals surface area contributed by atoms with Crippen LogP contribution >= 0.6 is 0 Å². The van der Waals surface area contributed by atoms with Crippen LogP contribution in [0.1, 0.15) is 68.7 Å². The number of unbranched alkanes of at least 4 members (excludes halogenated alkanes) is 2. The predicted octanol–water partition coefficient (Wildman–Crippen LogP) is 5.40. The molecule has 5 aromatic carbocycles. The zero-order valence-electron chi connectivity index (χ0n) is 31.8. The van der Waals surface area contributed by atoms with Gasteiger partial charge in [-0.05, 0) is 55.0 Å². The minimum Gasteiger partial charge on any atom is -0.677 e. The molecule has 7 rings (SSSR count). The molecule has 0 saturated carbocycles. The maximum Gasteiger partial charge on any atom is 1.00 e. The molecule has 13 nitrogen and oxygen atoms in total. The number of primary amides is 1. The van der Waals surface area contributed by atoms with Crippen molar-refractivity contribution in [1.82, 2.24) is 0 Å². The van der Waals surface area contributed by atoms with Gasteiger partial charge in [0.05, 0.1) is 23.2 Å². The van der Waals surface area contributed by atoms with Gasteiger partial charge in [0.1, 0.15) is 23.0 Å². The van der Waals surface area contributed by atoms with Crippen LogP contribution in [0.4, 0.5) is 17.1 Å². The number of hydrogen-bond acceptors (Lipinski definition) is 11. The number of ketones is 1. The molecule has 2 aliphatic rings. The number of esters is 1. The van der Waals surface area contributed by atoms with Gasteiger partial charge in [-0.15, -0.1) is 17.7 Å². The number of phenols is 2. The van der Waals surface area contributed by atoms with Crippen LogP contribution in [0.5, 0.6) is 23.0 Å². The molecule has 0 saturated heterocycles. The molecule has 0 aliphatic carbocycles. The van der Waals surface area contributed by atoms with E-state index in [9.17, 15) is 29.4 Å². The molecule has 0 fully saturated rings. The minimum atomic E-state index is -1.32. The SMILES string of the molecule is CN(C)c1ccc(N=Nc2ccc([C-]=O)cc2)cc1.[CH2-]C(=O)c1ccc2c(c1)C(=O)OC21c2ccc(O)cc2Oc2cc(O)ccc21.[K+].[NH-]CCCCCC(N)=O. The Morgan fingerprint density at radius 2 is 1.35 bits per heavy atom. The summed E-state index contributed by atoms with van der Waals surface area (Å²) in [6, 6.07) is 28.4. The van der Waals surface area contributed by atoms with Gasteiger partial charge in [-0.1, -0.05) is 31.0 Å². The number of ether oxygens (including phenoxy) is 2. The standard InChI is InChI=1S/C22H13O6.C15H14N3O.C6H13N2O.K/c1-11(23)12-2-5-16-15(8-12)21(26)28-22(16)17-6-3-13(24)9-19(17)27-20-10-14(25)4-7-18(20)22;1-18(2)15-9-7-14(8-10-15)17-16-13-5-3-12(11-19)4-6-13;7-5-3-1-2-4-6(8)9;/h2-10,24-25H,1H2;3-10H,1-2H3;7H,1-5H2,(H2,8,9);/q3*-1;+1. The summed E-state index contributed by atoms with van der Waals surface area (Å²) in [7, 11) is 3.98. The van der Waals surface area contributed by atoms with E-state index >= 15 is 0 Å². The molecule has 5 aromatic rings. The van der Waals surface area contributed by atoms with Crippen LogP contribution in [0.2, 0.25) is 0 Å². The van der Waals surface area contributed by atoms with Crippen LogP contribution < -0.4 is 66.8 Å². The third-order valence-electron chi connectivity index (χ3n) is 8.83. The number of nitrogens with two attached hydrogens (primary N) is 1. The van der Waals surface area contributed by atoms with Crippen LogP contribution in [0.15, 0.2) is 113 Å². The van der Waals surface area contributed by atoms with Crippen molar-refractivity contribution in [2.75, 3.05) is 25.5 Å². The van der Waals surface area contributed by atoms with Crippen molar-refractivity contribution in [3.8, 4) is 23.0 Å². The Morgan fingerprint density at radius 3 is 1.84 bits per heavy atom. The first-order valence-corrected chi connectivity index (χ1v) is 17.6. The number of Topliss-reactive ketones (excluding diaryl/α,β-unsaturated/α-hetero) is 1. The number of rotatable bonds is 10. The summed E-state index contributed by atoms with van der Waals surface area (Å²) in [6.07, 6.45) is 4.96. The van der Waals surface area contributed by atoms with Gasteiger partial charge in [0.15, 0.2) is 5.60 Å². The van der Waals surface area contributed by atoms with Crippen molar-refractivity contribution in [3.05, 3.63) is 149 Å². The molecule has 2 heterocycles. The average molecular weight is 794 g/mol. The molecule has 0 unspecified atom stereocenters. The van der Waals surface area contributed by atoms with Crippen molar-refractivity contribution in [2.45, 2.75) is 31.3 Å². The average Bonchev–Trinajstić information content (AvgIpc) is 3.47. The van der Waals surface area contributed by atoms with Gasteiger partial charge in [0.2, 0.25) is 5.91 Å². The fourth-order valence-electron chi connectivity index (χ4n) is 6.01. The van der Waals surface area contributed by atoms with E-state index in [1.54, 1.807) is 48.5 Å². The zero-order chi connectivity index (χ0) is 40.4. The summed E-state index contributed by atoms with van der Waals surface area (Å²) in [5, 5.41) is 28.0. The zero-order valence-corrected chi connectivity index (χ0v) is 34.9. The van der Waals surface area contributed by atoms with E-state index in [-0.39, 0.29) is 74.4 Å². The summed E-state index contributed by atoms with van der Waals surface area (Å²) in [5.41, 5.74) is 15.6. The van der Waals surface area contributed by atoms with E-state index in [0.717, 1.165) is 30.6 Å². The Hall–Kier alpha value is -5.35. The number of hydrogen-bond donors (Lipinski definition) is 3. The Balaban J connectivity index is 0.000000216. The van der Waals surface area contributed by atoms with Gasteiger partial charge >= 0.3 is 57.4 Å². The summed E-state index contributed by atoms with van der Waals surface area (Å²) < 4.78 is 11.8. The molecular weight excluding hydrogens is 754 g/mol. The number of anilines is 1. The normalized spacial score (nSPS) is 12.5. The van der Waals surface area contributed by atoms with Crippen molar-refractivity contribution in [1.29, 1.82) is 0 Å². The number of carbonyl (C=O) groups excluding carboxylic acids is 4. The van der Waals surface area contributed by atoms with Gasteiger partial charge < -0.3 is 45.6 Å². The van der Waals surface area contributed by atoms with E-state index in [1.165, 1.54) is 30.3 Å². The molecule has 0 aromatic heterocycles. The van der Waals surface area contributed by atoms with E-state index in [4.69, 9.17) is 20.9 Å².